The highest BCUT2D eigenvalue weighted by Crippen LogP contribution is 2.42. The summed E-state index contributed by atoms with van der Waals surface area (Å²) in [5.74, 6) is 0.441. The van der Waals surface area contributed by atoms with E-state index in [0.717, 1.165) is 42.1 Å². The number of methoxy groups -OCH3 is 1. The maximum Gasteiger partial charge on any atom is 0.296 e. The highest BCUT2D eigenvalue weighted by Gasteiger charge is 2.42. The van der Waals surface area contributed by atoms with E-state index in [9.17, 15) is 10.1 Å². The molecule has 3 atom stereocenters. The molecular formula is C26H29N5O4S. The van der Waals surface area contributed by atoms with Gasteiger partial charge >= 0.3 is 0 Å². The number of nitrogens with zero attached hydrogens (tertiary/aromatic N) is 4. The summed E-state index contributed by atoms with van der Waals surface area (Å²) in [5.41, 5.74) is 4.22. The van der Waals surface area contributed by atoms with Crippen molar-refractivity contribution in [2.75, 3.05) is 20.3 Å². The summed E-state index contributed by atoms with van der Waals surface area (Å²) in [6.45, 7) is 5.40. The maximum absolute atomic E-state index is 12.0. The normalized spacial score (nSPS) is 21.6. The SMILES string of the molecule is COc1ccc(-n2c(C)cc([C@@H]3[C@H](c4ccccn4)NC(=S)N3C[C@H]3CCCO3)c2C)c([N+](=O)[O-])c1. The number of nitro groups is 1. The minimum absolute atomic E-state index is 0.0137. The lowest BCUT2D eigenvalue weighted by Gasteiger charge is -2.30. The van der Waals surface area contributed by atoms with E-state index in [1.54, 1.807) is 18.3 Å². The fourth-order valence-corrected chi connectivity index (χ4v) is 5.69. The summed E-state index contributed by atoms with van der Waals surface area (Å²) in [7, 11) is 1.50. The predicted octanol–water partition coefficient (Wildman–Crippen LogP) is 4.56. The van der Waals surface area contributed by atoms with E-state index < -0.39 is 0 Å². The molecule has 2 aliphatic rings. The first kappa shape index (κ1) is 24.2. The van der Waals surface area contributed by atoms with Crippen LogP contribution < -0.4 is 10.1 Å². The van der Waals surface area contributed by atoms with Crippen LogP contribution in [-0.2, 0) is 4.74 Å². The van der Waals surface area contributed by atoms with Gasteiger partial charge in [-0.1, -0.05) is 6.07 Å². The number of hydrogen-bond acceptors (Lipinski definition) is 6. The summed E-state index contributed by atoms with van der Waals surface area (Å²) in [6, 6.07) is 12.6. The van der Waals surface area contributed by atoms with Crippen LogP contribution in [0, 0.1) is 24.0 Å². The Hall–Kier alpha value is -3.50. The number of aryl methyl sites for hydroxylation is 1. The van der Waals surface area contributed by atoms with Crippen molar-refractivity contribution < 1.29 is 14.4 Å². The maximum atomic E-state index is 12.0. The topological polar surface area (TPSA) is 94.7 Å². The van der Waals surface area contributed by atoms with Gasteiger partial charge in [-0.05, 0) is 74.8 Å². The third-order valence-electron chi connectivity index (χ3n) is 7.03. The van der Waals surface area contributed by atoms with Gasteiger partial charge in [0, 0.05) is 30.7 Å². The number of nitro benzene ring substituents is 1. The second kappa shape index (κ2) is 9.87. The Labute approximate surface area is 215 Å². The van der Waals surface area contributed by atoms with Gasteiger partial charge in [-0.3, -0.25) is 15.1 Å². The van der Waals surface area contributed by atoms with Crippen LogP contribution in [-0.4, -0.2) is 50.9 Å². The molecule has 2 fully saturated rings. The van der Waals surface area contributed by atoms with Gasteiger partial charge in [-0.15, -0.1) is 0 Å². The molecule has 0 saturated carbocycles. The number of rotatable bonds is 7. The van der Waals surface area contributed by atoms with Crippen molar-refractivity contribution in [3.05, 3.63) is 81.4 Å². The van der Waals surface area contributed by atoms with E-state index in [-0.39, 0.29) is 28.8 Å². The Bertz CT molecular complexity index is 1290. The Balaban J connectivity index is 1.62. The first-order valence-corrected chi connectivity index (χ1v) is 12.4. The largest absolute Gasteiger partial charge is 0.496 e. The Morgan fingerprint density at radius 2 is 2.11 bits per heavy atom. The quantitative estimate of drug-likeness (QED) is 0.283. The minimum atomic E-state index is -0.372. The van der Waals surface area contributed by atoms with E-state index >= 15 is 0 Å². The van der Waals surface area contributed by atoms with Crippen LogP contribution in [0.4, 0.5) is 5.69 Å². The molecule has 36 heavy (non-hydrogen) atoms. The number of pyridine rings is 1. The van der Waals surface area contributed by atoms with Gasteiger partial charge < -0.3 is 24.3 Å². The fraction of sp³-hybridized carbons (Fsp3) is 0.385. The Kier molecular flexibility index (Phi) is 6.63. The van der Waals surface area contributed by atoms with Crippen LogP contribution in [0.2, 0.25) is 0 Å². The van der Waals surface area contributed by atoms with Crippen LogP contribution >= 0.6 is 12.2 Å². The second-order valence-electron chi connectivity index (χ2n) is 9.19. The third-order valence-corrected chi connectivity index (χ3v) is 7.38. The molecule has 0 amide bonds. The van der Waals surface area contributed by atoms with Crippen molar-refractivity contribution in [2.45, 2.75) is 44.9 Å². The summed E-state index contributed by atoms with van der Waals surface area (Å²) in [4.78, 5) is 18.4. The lowest BCUT2D eigenvalue weighted by atomic mass is 9.96. The lowest BCUT2D eigenvalue weighted by molar-refractivity contribution is -0.384. The molecule has 0 unspecified atom stereocenters. The first-order chi connectivity index (χ1) is 17.4. The highest BCUT2D eigenvalue weighted by atomic mass is 32.1. The number of ether oxygens (including phenoxy) is 2. The number of aromatic nitrogens is 2. The zero-order valence-electron chi connectivity index (χ0n) is 20.5. The predicted molar refractivity (Wildman–Crippen MR) is 140 cm³/mol. The van der Waals surface area contributed by atoms with E-state index in [2.05, 4.69) is 21.3 Å². The van der Waals surface area contributed by atoms with Crippen molar-refractivity contribution in [1.29, 1.82) is 0 Å². The average molecular weight is 508 g/mol. The van der Waals surface area contributed by atoms with Gasteiger partial charge in [0.1, 0.15) is 11.4 Å². The monoisotopic (exact) mass is 507 g/mol. The van der Waals surface area contributed by atoms with E-state index in [4.69, 9.17) is 21.7 Å². The number of thiocarbonyl (C=S) groups is 1. The molecule has 0 aliphatic carbocycles. The zero-order chi connectivity index (χ0) is 25.4. The van der Waals surface area contributed by atoms with Crippen molar-refractivity contribution in [2.24, 2.45) is 0 Å². The molecule has 0 bridgehead atoms. The summed E-state index contributed by atoms with van der Waals surface area (Å²) >= 11 is 5.81. The van der Waals surface area contributed by atoms with Gasteiger partial charge in [-0.25, -0.2) is 0 Å². The Morgan fingerprint density at radius 3 is 2.78 bits per heavy atom. The average Bonchev–Trinajstić information content (AvgIpc) is 3.58. The van der Waals surface area contributed by atoms with E-state index in [0.29, 0.717) is 23.1 Å². The van der Waals surface area contributed by atoms with Crippen LogP contribution in [0.3, 0.4) is 0 Å². The van der Waals surface area contributed by atoms with Crippen LogP contribution in [0.1, 0.15) is 47.6 Å². The molecule has 2 saturated heterocycles. The molecule has 1 N–H and O–H groups in total. The molecule has 0 radical (unpaired) electrons. The van der Waals surface area contributed by atoms with Crippen molar-refractivity contribution in [3.63, 3.8) is 0 Å². The number of nitrogens with one attached hydrogen (secondary N) is 1. The van der Waals surface area contributed by atoms with Crippen molar-refractivity contribution in [3.8, 4) is 11.4 Å². The minimum Gasteiger partial charge on any atom is -0.496 e. The second-order valence-corrected chi connectivity index (χ2v) is 9.57. The molecule has 1 aromatic carbocycles. The highest BCUT2D eigenvalue weighted by molar-refractivity contribution is 7.80. The van der Waals surface area contributed by atoms with E-state index in [1.165, 1.54) is 13.2 Å². The molecule has 4 heterocycles. The molecule has 2 aromatic heterocycles. The number of benzene rings is 1. The summed E-state index contributed by atoms with van der Waals surface area (Å²) < 4.78 is 13.1. The summed E-state index contributed by atoms with van der Waals surface area (Å²) in [6.07, 6.45) is 3.94. The van der Waals surface area contributed by atoms with Crippen LogP contribution in [0.25, 0.3) is 5.69 Å². The molecule has 2 aliphatic heterocycles. The zero-order valence-corrected chi connectivity index (χ0v) is 21.3. The van der Waals surface area contributed by atoms with Gasteiger partial charge in [0.2, 0.25) is 0 Å². The molecule has 9 nitrogen and oxygen atoms in total. The van der Waals surface area contributed by atoms with Gasteiger partial charge in [-0.2, -0.15) is 0 Å². The molecule has 188 valence electrons. The van der Waals surface area contributed by atoms with Gasteiger partial charge in [0.25, 0.3) is 5.69 Å². The molecule has 3 aromatic rings. The third kappa shape index (κ3) is 4.31. The number of hydrogen-bond donors (Lipinski definition) is 1. The van der Waals surface area contributed by atoms with Crippen molar-refractivity contribution >= 4 is 23.0 Å². The molecular weight excluding hydrogens is 478 g/mol. The summed E-state index contributed by atoms with van der Waals surface area (Å²) in [5, 5.41) is 16.1. The smallest absolute Gasteiger partial charge is 0.296 e. The standard InChI is InChI=1S/C26H29N5O4S/c1-16-13-20(17(2)30(16)22-10-9-18(34-3)14-23(22)31(32)33)25-24(21-8-4-5-11-27-21)28-26(36)29(25)15-19-7-6-12-35-19/h4-5,8-11,13-14,19,24-25H,6-7,12,15H2,1-3H3,(H,28,36)/t19-,24+,25-/m1/s1. The molecule has 0 spiro atoms. The van der Waals surface area contributed by atoms with Crippen LogP contribution in [0.5, 0.6) is 5.75 Å². The first-order valence-electron chi connectivity index (χ1n) is 12.0. The van der Waals surface area contributed by atoms with Gasteiger partial charge in [0.15, 0.2) is 5.11 Å². The fourth-order valence-electron chi connectivity index (χ4n) is 5.37. The molecule has 10 heteroatoms. The van der Waals surface area contributed by atoms with Gasteiger partial charge in [0.05, 0.1) is 42.0 Å². The van der Waals surface area contributed by atoms with E-state index in [1.807, 2.05) is 36.6 Å². The van der Waals surface area contributed by atoms with Crippen molar-refractivity contribution in [1.82, 2.24) is 19.8 Å². The molecule has 5 rings (SSSR count). The van der Waals surface area contributed by atoms with Crippen LogP contribution in [0.15, 0.2) is 48.7 Å². The lowest BCUT2D eigenvalue weighted by Crippen LogP contribution is -2.36. The Morgan fingerprint density at radius 1 is 1.28 bits per heavy atom.